The molecule has 4 heteroatoms. The highest BCUT2D eigenvalue weighted by atomic mass is 16.4. The molecule has 4 nitrogen and oxygen atoms in total. The van der Waals surface area contributed by atoms with Crippen molar-refractivity contribution < 1.29 is 9.90 Å². The van der Waals surface area contributed by atoms with Crippen molar-refractivity contribution in [2.75, 3.05) is 6.54 Å². The number of carboxylic acids is 1. The van der Waals surface area contributed by atoms with Gasteiger partial charge in [0.15, 0.2) is 0 Å². The number of aliphatic carboxylic acids is 1. The lowest BCUT2D eigenvalue weighted by Crippen LogP contribution is -2.15. The number of aryl methyl sites for hydroxylation is 1. The third-order valence-corrected chi connectivity index (χ3v) is 5.47. The Bertz CT molecular complexity index is 761. The van der Waals surface area contributed by atoms with Gasteiger partial charge in [-0.3, -0.25) is 9.69 Å². The predicted molar refractivity (Wildman–Crippen MR) is 92.6 cm³/mol. The first kappa shape index (κ1) is 16.1. The second-order valence-electron chi connectivity index (χ2n) is 6.71. The topological polar surface area (TPSA) is 45.5 Å². The summed E-state index contributed by atoms with van der Waals surface area (Å²) in [6.07, 6.45) is 1.28. The summed E-state index contributed by atoms with van der Waals surface area (Å²) in [6.45, 7) is 9.34. The van der Waals surface area contributed by atoms with E-state index in [2.05, 4.69) is 42.5 Å². The van der Waals surface area contributed by atoms with Gasteiger partial charge < -0.3 is 9.67 Å². The van der Waals surface area contributed by atoms with E-state index >= 15 is 0 Å². The molecule has 1 unspecified atom stereocenters. The van der Waals surface area contributed by atoms with Gasteiger partial charge >= 0.3 is 5.97 Å². The van der Waals surface area contributed by atoms with E-state index in [1.54, 1.807) is 0 Å². The molecule has 23 heavy (non-hydrogen) atoms. The van der Waals surface area contributed by atoms with Crippen molar-refractivity contribution in [2.24, 2.45) is 13.0 Å². The van der Waals surface area contributed by atoms with Crippen LogP contribution in [-0.2, 0) is 31.4 Å². The molecule has 0 spiro atoms. The Labute approximate surface area is 137 Å². The van der Waals surface area contributed by atoms with E-state index in [4.69, 9.17) is 0 Å². The fourth-order valence-corrected chi connectivity index (χ4v) is 3.74. The Kier molecular flexibility index (Phi) is 4.19. The number of rotatable bonds is 5. The van der Waals surface area contributed by atoms with Crippen LogP contribution in [0.3, 0.4) is 0 Å². The van der Waals surface area contributed by atoms with Gasteiger partial charge in [0, 0.05) is 36.7 Å². The number of benzene rings is 1. The maximum atomic E-state index is 11.4. The summed E-state index contributed by atoms with van der Waals surface area (Å²) >= 11 is 0. The zero-order valence-electron chi connectivity index (χ0n) is 14.5. The van der Waals surface area contributed by atoms with Crippen LogP contribution in [0, 0.1) is 12.8 Å². The van der Waals surface area contributed by atoms with Crippen LogP contribution in [0.1, 0.15) is 42.7 Å². The van der Waals surface area contributed by atoms with Crippen molar-refractivity contribution in [3.8, 4) is 0 Å². The van der Waals surface area contributed by atoms with E-state index in [1.165, 1.54) is 33.3 Å². The van der Waals surface area contributed by atoms with Crippen LogP contribution in [0.2, 0.25) is 0 Å². The Morgan fingerprint density at radius 3 is 2.48 bits per heavy atom. The first-order valence-corrected chi connectivity index (χ1v) is 8.51. The second-order valence-corrected chi connectivity index (χ2v) is 6.71. The van der Waals surface area contributed by atoms with Crippen LogP contribution in [0.25, 0.3) is 10.9 Å². The van der Waals surface area contributed by atoms with Gasteiger partial charge in [0.1, 0.15) is 0 Å². The smallest absolute Gasteiger partial charge is 0.306 e. The molecular formula is C19H26N2O2. The second kappa shape index (κ2) is 6.00. The molecule has 124 valence electrons. The Balaban J connectivity index is 2.09. The number of fused-ring (bicyclic) bond motifs is 2. The zero-order chi connectivity index (χ0) is 16.7. The highest BCUT2D eigenvalue weighted by Crippen LogP contribution is 2.33. The molecule has 0 saturated carbocycles. The lowest BCUT2D eigenvalue weighted by atomic mass is 9.94. The maximum absolute atomic E-state index is 11.4. The molecule has 2 aromatic rings. The zero-order valence-corrected chi connectivity index (χ0v) is 14.5. The SMILES string of the molecule is CCC(Cc1c(C)n(C)c2cc3c(cc12)CN(CC)C3)C(=O)O. The average Bonchev–Trinajstić information content (AvgIpc) is 3.03. The first-order valence-electron chi connectivity index (χ1n) is 8.51. The van der Waals surface area contributed by atoms with Gasteiger partial charge in [-0.25, -0.2) is 0 Å². The van der Waals surface area contributed by atoms with Crippen molar-refractivity contribution >= 4 is 16.9 Å². The number of carboxylic acid groups (broad SMARTS) is 1. The molecular weight excluding hydrogens is 288 g/mol. The Morgan fingerprint density at radius 1 is 1.26 bits per heavy atom. The number of nitrogens with zero attached hydrogens (tertiary/aromatic N) is 2. The molecule has 1 aromatic carbocycles. The number of carbonyl (C=O) groups is 1. The van der Waals surface area contributed by atoms with E-state index < -0.39 is 5.97 Å². The normalized spacial score (nSPS) is 16.0. The van der Waals surface area contributed by atoms with Crippen LogP contribution in [0.4, 0.5) is 0 Å². The molecule has 3 rings (SSSR count). The quantitative estimate of drug-likeness (QED) is 0.919. The minimum Gasteiger partial charge on any atom is -0.481 e. The predicted octanol–water partition coefficient (Wildman–Crippen LogP) is 3.48. The highest BCUT2D eigenvalue weighted by Gasteiger charge is 2.24. The highest BCUT2D eigenvalue weighted by molar-refractivity contribution is 5.88. The van der Waals surface area contributed by atoms with Gasteiger partial charge in [-0.15, -0.1) is 0 Å². The lowest BCUT2D eigenvalue weighted by Gasteiger charge is -2.10. The largest absolute Gasteiger partial charge is 0.481 e. The van der Waals surface area contributed by atoms with Gasteiger partial charge in [-0.1, -0.05) is 13.8 Å². The fourth-order valence-electron chi connectivity index (χ4n) is 3.74. The van der Waals surface area contributed by atoms with E-state index in [0.29, 0.717) is 12.8 Å². The third kappa shape index (κ3) is 2.65. The van der Waals surface area contributed by atoms with Crippen LogP contribution in [0.5, 0.6) is 0 Å². The molecule has 0 fully saturated rings. The summed E-state index contributed by atoms with van der Waals surface area (Å²) in [5.74, 6) is -0.998. The van der Waals surface area contributed by atoms with Crippen LogP contribution in [-0.4, -0.2) is 27.1 Å². The number of aromatic nitrogens is 1. The summed E-state index contributed by atoms with van der Waals surface area (Å²) in [7, 11) is 2.09. The monoisotopic (exact) mass is 314 g/mol. The lowest BCUT2D eigenvalue weighted by molar-refractivity contribution is -0.141. The molecule has 0 radical (unpaired) electrons. The summed E-state index contributed by atoms with van der Waals surface area (Å²) in [5.41, 5.74) is 6.44. The molecule has 1 N–H and O–H groups in total. The molecule has 1 aliphatic rings. The van der Waals surface area contributed by atoms with Crippen LogP contribution >= 0.6 is 0 Å². The van der Waals surface area contributed by atoms with E-state index in [1.807, 2.05) is 6.92 Å². The van der Waals surface area contributed by atoms with Crippen molar-refractivity contribution in [3.05, 3.63) is 34.5 Å². The Morgan fingerprint density at radius 2 is 1.91 bits per heavy atom. The molecule has 0 amide bonds. The summed E-state index contributed by atoms with van der Waals surface area (Å²) in [6, 6.07) is 4.61. The van der Waals surface area contributed by atoms with Crippen molar-refractivity contribution in [3.63, 3.8) is 0 Å². The van der Waals surface area contributed by atoms with Gasteiger partial charge in [0.25, 0.3) is 0 Å². The average molecular weight is 314 g/mol. The molecule has 1 aliphatic heterocycles. The van der Waals surface area contributed by atoms with Crippen LogP contribution in [0.15, 0.2) is 12.1 Å². The summed E-state index contributed by atoms with van der Waals surface area (Å²) in [5, 5.41) is 10.6. The van der Waals surface area contributed by atoms with Crippen LogP contribution < -0.4 is 0 Å². The minimum atomic E-state index is -0.692. The molecule has 1 aromatic heterocycles. The van der Waals surface area contributed by atoms with Gasteiger partial charge in [0.2, 0.25) is 0 Å². The van der Waals surface area contributed by atoms with Gasteiger partial charge in [-0.2, -0.15) is 0 Å². The number of hydrogen-bond donors (Lipinski definition) is 1. The van der Waals surface area contributed by atoms with Gasteiger partial charge in [-0.05, 0) is 55.1 Å². The van der Waals surface area contributed by atoms with E-state index in [9.17, 15) is 9.90 Å². The maximum Gasteiger partial charge on any atom is 0.306 e. The number of hydrogen-bond acceptors (Lipinski definition) is 2. The standard InChI is InChI=1S/C19H26N2O2/c1-5-13(19(22)23)7-16-12(3)20(4)18-9-15-11-21(6-2)10-14(15)8-17(16)18/h8-9,13H,5-7,10-11H2,1-4H3,(H,22,23). The molecule has 0 aliphatic carbocycles. The third-order valence-electron chi connectivity index (χ3n) is 5.47. The molecule has 0 bridgehead atoms. The minimum absolute atomic E-state index is 0.306. The van der Waals surface area contributed by atoms with Crippen molar-refractivity contribution in [1.29, 1.82) is 0 Å². The Hall–Kier alpha value is -1.81. The summed E-state index contributed by atoms with van der Waals surface area (Å²) < 4.78 is 2.22. The fraction of sp³-hybridized carbons (Fsp3) is 0.526. The van der Waals surface area contributed by atoms with Gasteiger partial charge in [0.05, 0.1) is 5.92 Å². The van der Waals surface area contributed by atoms with E-state index in [-0.39, 0.29) is 5.92 Å². The molecule has 1 atom stereocenters. The molecule has 0 saturated heterocycles. The van der Waals surface area contributed by atoms with Crippen molar-refractivity contribution in [2.45, 2.75) is 46.7 Å². The summed E-state index contributed by atoms with van der Waals surface area (Å²) in [4.78, 5) is 13.9. The molecule has 2 heterocycles. The van der Waals surface area contributed by atoms with E-state index in [0.717, 1.165) is 19.6 Å². The van der Waals surface area contributed by atoms with Crippen molar-refractivity contribution in [1.82, 2.24) is 9.47 Å². The first-order chi connectivity index (χ1) is 11.0.